The first-order valence-electron chi connectivity index (χ1n) is 7.23. The van der Waals surface area contributed by atoms with Crippen LogP contribution in [-0.4, -0.2) is 27.1 Å². The van der Waals surface area contributed by atoms with Crippen molar-refractivity contribution in [2.75, 3.05) is 12.3 Å². The van der Waals surface area contributed by atoms with E-state index in [-0.39, 0.29) is 11.9 Å². The molecular formula is C15H20N4OS. The highest BCUT2D eigenvalue weighted by Gasteiger charge is 2.32. The summed E-state index contributed by atoms with van der Waals surface area (Å²) in [6, 6.07) is 2.21. The Bertz CT molecular complexity index is 688. The monoisotopic (exact) mass is 304 g/mol. The first-order chi connectivity index (χ1) is 10.0. The van der Waals surface area contributed by atoms with Crippen LogP contribution in [-0.2, 0) is 19.9 Å². The van der Waals surface area contributed by atoms with Crippen LogP contribution in [0.25, 0.3) is 0 Å². The third-order valence-corrected chi connectivity index (χ3v) is 5.23. The fourth-order valence-corrected chi connectivity index (χ4v) is 4.00. The number of hydrogen-bond acceptors (Lipinski definition) is 4. The molecule has 0 aromatic carbocycles. The van der Waals surface area contributed by atoms with E-state index in [1.165, 1.54) is 10.4 Å². The first kappa shape index (κ1) is 14.1. The minimum atomic E-state index is -0.0217. The predicted octanol–water partition coefficient (Wildman–Crippen LogP) is 2.39. The van der Waals surface area contributed by atoms with Gasteiger partial charge in [0.2, 0.25) is 0 Å². The lowest BCUT2D eigenvalue weighted by molar-refractivity contribution is 0.0669. The molecule has 0 radical (unpaired) electrons. The second kappa shape index (κ2) is 5.18. The van der Waals surface area contributed by atoms with Crippen LogP contribution < -0.4 is 5.73 Å². The minimum Gasteiger partial charge on any atom is -0.395 e. The average molecular weight is 304 g/mol. The van der Waals surface area contributed by atoms with Gasteiger partial charge in [0.1, 0.15) is 5.69 Å². The molecule has 112 valence electrons. The summed E-state index contributed by atoms with van der Waals surface area (Å²) in [7, 11) is 1.79. The zero-order chi connectivity index (χ0) is 15.1. The van der Waals surface area contributed by atoms with Crippen LogP contribution in [0.3, 0.4) is 0 Å². The summed E-state index contributed by atoms with van der Waals surface area (Å²) in [6.07, 6.45) is 1.65. The molecular weight excluding hydrogens is 284 g/mol. The fraction of sp³-hybridized carbons (Fsp3) is 0.467. The Balaban J connectivity index is 1.95. The molecule has 0 fully saturated rings. The van der Waals surface area contributed by atoms with Gasteiger partial charge in [-0.3, -0.25) is 9.48 Å². The molecule has 0 saturated carbocycles. The second-order valence-corrected chi connectivity index (χ2v) is 6.41. The molecule has 1 aliphatic heterocycles. The molecule has 3 rings (SSSR count). The third-order valence-electron chi connectivity index (χ3n) is 4.24. The summed E-state index contributed by atoms with van der Waals surface area (Å²) in [5, 5.41) is 6.45. The van der Waals surface area contributed by atoms with Crippen molar-refractivity contribution in [3.05, 3.63) is 33.3 Å². The Morgan fingerprint density at radius 3 is 3.00 bits per heavy atom. The Morgan fingerprint density at radius 2 is 2.33 bits per heavy atom. The van der Waals surface area contributed by atoms with Crippen LogP contribution in [0.2, 0.25) is 0 Å². The first-order valence-corrected chi connectivity index (χ1v) is 8.11. The molecule has 0 spiro atoms. The lowest BCUT2D eigenvalue weighted by atomic mass is 10.0. The van der Waals surface area contributed by atoms with Crippen LogP contribution in [0.15, 0.2) is 11.4 Å². The van der Waals surface area contributed by atoms with E-state index in [2.05, 4.69) is 23.5 Å². The minimum absolute atomic E-state index is 0.0217. The summed E-state index contributed by atoms with van der Waals surface area (Å²) in [5.74, 6) is -0.0217. The SMILES string of the molecule is CCc1nn(C)c(C(=O)N2CCc3sccc3C2C)c1N. The number of nitrogen functional groups attached to an aromatic ring is 1. The molecule has 2 aromatic heterocycles. The van der Waals surface area contributed by atoms with Crippen molar-refractivity contribution in [3.8, 4) is 0 Å². The standard InChI is InChI=1S/C15H20N4OS/c1-4-11-13(16)14(18(3)17-11)15(20)19-7-5-12-10(9(19)2)6-8-21-12/h6,8-9H,4-5,7,16H2,1-3H3. The Kier molecular flexibility index (Phi) is 3.49. The number of aryl methyl sites for hydroxylation is 2. The van der Waals surface area contributed by atoms with Crippen molar-refractivity contribution >= 4 is 22.9 Å². The number of carbonyl (C=O) groups excluding carboxylic acids is 1. The Labute approximate surface area is 128 Å². The second-order valence-electron chi connectivity index (χ2n) is 5.41. The van der Waals surface area contributed by atoms with E-state index in [9.17, 15) is 4.79 Å². The topological polar surface area (TPSA) is 64.2 Å². The predicted molar refractivity (Wildman–Crippen MR) is 84.5 cm³/mol. The number of aromatic nitrogens is 2. The zero-order valence-electron chi connectivity index (χ0n) is 12.6. The fourth-order valence-electron chi connectivity index (χ4n) is 3.03. The van der Waals surface area contributed by atoms with Gasteiger partial charge in [0, 0.05) is 18.5 Å². The molecule has 0 aliphatic carbocycles. The van der Waals surface area contributed by atoms with Gasteiger partial charge in [0.15, 0.2) is 0 Å². The van der Waals surface area contributed by atoms with Crippen LogP contribution in [0.4, 0.5) is 5.69 Å². The average Bonchev–Trinajstić information content (AvgIpc) is 3.04. The highest BCUT2D eigenvalue weighted by Crippen LogP contribution is 2.34. The van der Waals surface area contributed by atoms with Crippen molar-refractivity contribution in [2.24, 2.45) is 7.05 Å². The number of amides is 1. The Morgan fingerprint density at radius 1 is 1.57 bits per heavy atom. The highest BCUT2D eigenvalue weighted by atomic mass is 32.1. The zero-order valence-corrected chi connectivity index (χ0v) is 13.4. The van der Waals surface area contributed by atoms with Crippen LogP contribution in [0, 0.1) is 0 Å². The molecule has 5 nitrogen and oxygen atoms in total. The molecule has 21 heavy (non-hydrogen) atoms. The van der Waals surface area contributed by atoms with E-state index in [1.807, 2.05) is 11.8 Å². The van der Waals surface area contributed by atoms with E-state index in [0.717, 1.165) is 25.1 Å². The summed E-state index contributed by atoms with van der Waals surface area (Å²) < 4.78 is 1.62. The quantitative estimate of drug-likeness (QED) is 0.926. The van der Waals surface area contributed by atoms with E-state index >= 15 is 0 Å². The maximum Gasteiger partial charge on any atom is 0.274 e. The molecule has 2 N–H and O–H groups in total. The van der Waals surface area contributed by atoms with E-state index in [0.29, 0.717) is 11.4 Å². The summed E-state index contributed by atoms with van der Waals surface area (Å²) in [6.45, 7) is 4.81. The van der Waals surface area contributed by atoms with E-state index in [1.54, 1.807) is 23.1 Å². The van der Waals surface area contributed by atoms with Crippen molar-refractivity contribution < 1.29 is 4.79 Å². The van der Waals surface area contributed by atoms with Crippen molar-refractivity contribution in [1.29, 1.82) is 0 Å². The van der Waals surface area contributed by atoms with Gasteiger partial charge in [0.25, 0.3) is 5.91 Å². The van der Waals surface area contributed by atoms with Crippen molar-refractivity contribution in [1.82, 2.24) is 14.7 Å². The number of rotatable bonds is 2. The molecule has 0 saturated heterocycles. The summed E-state index contributed by atoms with van der Waals surface area (Å²) in [5.41, 5.74) is 9.20. The lowest BCUT2D eigenvalue weighted by Crippen LogP contribution is -2.39. The van der Waals surface area contributed by atoms with Gasteiger partial charge < -0.3 is 10.6 Å². The van der Waals surface area contributed by atoms with Crippen LogP contribution in [0.5, 0.6) is 0 Å². The number of anilines is 1. The maximum absolute atomic E-state index is 12.9. The van der Waals surface area contributed by atoms with Gasteiger partial charge in [-0.05, 0) is 36.8 Å². The number of nitrogens with two attached hydrogens (primary N) is 1. The highest BCUT2D eigenvalue weighted by molar-refractivity contribution is 7.10. The molecule has 1 unspecified atom stereocenters. The molecule has 3 heterocycles. The third kappa shape index (κ3) is 2.14. The summed E-state index contributed by atoms with van der Waals surface area (Å²) in [4.78, 5) is 16.2. The van der Waals surface area contributed by atoms with Crippen LogP contribution >= 0.6 is 11.3 Å². The van der Waals surface area contributed by atoms with Gasteiger partial charge in [0.05, 0.1) is 17.4 Å². The molecule has 1 amide bonds. The number of thiophene rings is 1. The summed E-state index contributed by atoms with van der Waals surface area (Å²) >= 11 is 1.77. The van der Waals surface area contributed by atoms with Crippen LogP contribution in [0.1, 0.15) is 46.5 Å². The Hall–Kier alpha value is -1.82. The number of fused-ring (bicyclic) bond motifs is 1. The van der Waals surface area contributed by atoms with Crippen molar-refractivity contribution in [3.63, 3.8) is 0 Å². The maximum atomic E-state index is 12.9. The number of nitrogens with zero attached hydrogens (tertiary/aromatic N) is 3. The molecule has 6 heteroatoms. The molecule has 1 aliphatic rings. The lowest BCUT2D eigenvalue weighted by Gasteiger charge is -2.33. The molecule has 0 bridgehead atoms. The van der Waals surface area contributed by atoms with Gasteiger partial charge in [-0.2, -0.15) is 5.10 Å². The van der Waals surface area contributed by atoms with E-state index < -0.39 is 0 Å². The van der Waals surface area contributed by atoms with E-state index in [4.69, 9.17) is 5.73 Å². The van der Waals surface area contributed by atoms with Crippen molar-refractivity contribution in [2.45, 2.75) is 32.7 Å². The number of carbonyl (C=O) groups is 1. The smallest absolute Gasteiger partial charge is 0.274 e. The largest absolute Gasteiger partial charge is 0.395 e. The molecule has 1 atom stereocenters. The molecule has 2 aromatic rings. The van der Waals surface area contributed by atoms with Gasteiger partial charge in [-0.1, -0.05) is 6.92 Å². The van der Waals surface area contributed by atoms with Gasteiger partial charge in [-0.25, -0.2) is 0 Å². The number of hydrogen-bond donors (Lipinski definition) is 1. The van der Waals surface area contributed by atoms with Gasteiger partial charge >= 0.3 is 0 Å². The van der Waals surface area contributed by atoms with Gasteiger partial charge in [-0.15, -0.1) is 11.3 Å². The normalized spacial score (nSPS) is 17.9.